The quantitative estimate of drug-likeness (QED) is 0.788. The predicted molar refractivity (Wildman–Crippen MR) is 108 cm³/mol. The molecule has 2 aromatic carbocycles. The van der Waals surface area contributed by atoms with E-state index in [0.717, 1.165) is 37.7 Å². The lowest BCUT2D eigenvalue weighted by Crippen LogP contribution is -2.40. The number of amides is 3. The Kier molecular flexibility index (Phi) is 4.65. The summed E-state index contributed by atoms with van der Waals surface area (Å²) in [7, 11) is 0. The number of fused-ring (bicyclic) bond motifs is 2. The second kappa shape index (κ2) is 7.48. The van der Waals surface area contributed by atoms with Crippen LogP contribution >= 0.6 is 0 Å². The molecule has 1 saturated carbocycles. The molecule has 7 nitrogen and oxygen atoms in total. The molecule has 2 aliphatic heterocycles. The molecule has 2 aromatic rings. The van der Waals surface area contributed by atoms with E-state index in [4.69, 9.17) is 9.47 Å². The van der Waals surface area contributed by atoms with Gasteiger partial charge in [-0.05, 0) is 48.7 Å². The molecular weight excluding hydrogens is 384 g/mol. The smallest absolute Gasteiger partial charge is 0.261 e. The number of imide groups is 1. The summed E-state index contributed by atoms with van der Waals surface area (Å²) in [5.41, 5.74) is 1.95. The maximum Gasteiger partial charge on any atom is 0.261 e. The lowest BCUT2D eigenvalue weighted by Gasteiger charge is -2.29. The van der Waals surface area contributed by atoms with Crippen LogP contribution in [0.2, 0.25) is 0 Å². The van der Waals surface area contributed by atoms with E-state index >= 15 is 0 Å². The fourth-order valence-electron chi connectivity index (χ4n) is 4.41. The van der Waals surface area contributed by atoms with Crippen molar-refractivity contribution in [1.29, 1.82) is 0 Å². The summed E-state index contributed by atoms with van der Waals surface area (Å²) in [5, 5.41) is 2.85. The Morgan fingerprint density at radius 1 is 0.933 bits per heavy atom. The monoisotopic (exact) mass is 406 g/mol. The summed E-state index contributed by atoms with van der Waals surface area (Å²) in [5.74, 6) is 0.522. The van der Waals surface area contributed by atoms with Gasteiger partial charge in [0.15, 0.2) is 11.5 Å². The minimum absolute atomic E-state index is 0.0329. The van der Waals surface area contributed by atoms with Gasteiger partial charge in [0.05, 0.1) is 11.1 Å². The number of rotatable bonds is 4. The SMILES string of the molecule is O=C(NCc1ccc2c(c1)OCO2)c1ccc2c(c1)C(=O)N(C1CCCCC1)C2=O. The van der Waals surface area contributed by atoms with Crippen molar-refractivity contribution < 1.29 is 23.9 Å². The van der Waals surface area contributed by atoms with Crippen molar-refractivity contribution in [2.75, 3.05) is 6.79 Å². The van der Waals surface area contributed by atoms with E-state index in [-0.39, 0.29) is 30.6 Å². The molecule has 0 saturated heterocycles. The lowest BCUT2D eigenvalue weighted by atomic mass is 9.94. The van der Waals surface area contributed by atoms with Crippen molar-refractivity contribution in [2.45, 2.75) is 44.7 Å². The highest BCUT2D eigenvalue weighted by Gasteiger charge is 2.40. The summed E-state index contributed by atoms with van der Waals surface area (Å²) in [6, 6.07) is 10.2. The van der Waals surface area contributed by atoms with Gasteiger partial charge >= 0.3 is 0 Å². The number of carbonyl (C=O) groups excluding carboxylic acids is 3. The average molecular weight is 406 g/mol. The maximum atomic E-state index is 12.9. The molecule has 0 unspecified atom stereocenters. The minimum Gasteiger partial charge on any atom is -0.454 e. The molecule has 0 bridgehead atoms. The molecule has 0 radical (unpaired) electrons. The average Bonchev–Trinajstić information content (AvgIpc) is 3.34. The topological polar surface area (TPSA) is 84.9 Å². The second-order valence-electron chi connectivity index (χ2n) is 7.90. The van der Waals surface area contributed by atoms with Gasteiger partial charge in [0.1, 0.15) is 0 Å². The molecule has 0 aromatic heterocycles. The van der Waals surface area contributed by atoms with Crippen LogP contribution in [0, 0.1) is 0 Å². The Hall–Kier alpha value is -3.35. The van der Waals surface area contributed by atoms with Crippen molar-refractivity contribution >= 4 is 17.7 Å². The van der Waals surface area contributed by atoms with Gasteiger partial charge in [-0.15, -0.1) is 0 Å². The van der Waals surface area contributed by atoms with Gasteiger partial charge in [-0.2, -0.15) is 0 Å². The molecule has 7 heteroatoms. The highest BCUT2D eigenvalue weighted by Crippen LogP contribution is 2.33. The van der Waals surface area contributed by atoms with E-state index in [1.807, 2.05) is 18.2 Å². The molecular formula is C23H22N2O5. The molecule has 1 N–H and O–H groups in total. The first-order chi connectivity index (χ1) is 14.6. The van der Waals surface area contributed by atoms with Crippen molar-refractivity contribution in [3.8, 4) is 11.5 Å². The fourth-order valence-corrected chi connectivity index (χ4v) is 4.41. The van der Waals surface area contributed by atoms with Gasteiger partial charge in [-0.1, -0.05) is 25.3 Å². The van der Waals surface area contributed by atoms with Crippen molar-refractivity contribution in [2.24, 2.45) is 0 Å². The van der Waals surface area contributed by atoms with Gasteiger partial charge < -0.3 is 14.8 Å². The first-order valence-electron chi connectivity index (χ1n) is 10.3. The van der Waals surface area contributed by atoms with Crippen LogP contribution in [-0.2, 0) is 6.54 Å². The Morgan fingerprint density at radius 2 is 1.70 bits per heavy atom. The van der Waals surface area contributed by atoms with Crippen LogP contribution in [0.15, 0.2) is 36.4 Å². The summed E-state index contributed by atoms with van der Waals surface area (Å²) < 4.78 is 10.6. The van der Waals surface area contributed by atoms with Crippen molar-refractivity contribution in [1.82, 2.24) is 10.2 Å². The van der Waals surface area contributed by atoms with Crippen LogP contribution < -0.4 is 14.8 Å². The third-order valence-corrected chi connectivity index (χ3v) is 6.01. The van der Waals surface area contributed by atoms with Crippen LogP contribution in [0.25, 0.3) is 0 Å². The maximum absolute atomic E-state index is 12.9. The first kappa shape index (κ1) is 18.7. The highest BCUT2D eigenvalue weighted by molar-refractivity contribution is 6.22. The molecule has 30 heavy (non-hydrogen) atoms. The standard InChI is InChI=1S/C23H22N2O5/c26-21(24-12-14-6-9-19-20(10-14)30-13-29-19)15-7-8-17-18(11-15)23(28)25(22(17)27)16-4-2-1-3-5-16/h6-11,16H,1-5,12-13H2,(H,24,26). The Balaban J connectivity index is 1.30. The van der Waals surface area contributed by atoms with Gasteiger partial charge in [-0.3, -0.25) is 19.3 Å². The third kappa shape index (κ3) is 3.20. The fraction of sp³-hybridized carbons (Fsp3) is 0.348. The van der Waals surface area contributed by atoms with Crippen LogP contribution in [0.4, 0.5) is 0 Å². The van der Waals surface area contributed by atoms with Gasteiger partial charge in [0.2, 0.25) is 6.79 Å². The van der Waals surface area contributed by atoms with Crippen LogP contribution in [0.5, 0.6) is 11.5 Å². The summed E-state index contributed by atoms with van der Waals surface area (Å²) >= 11 is 0. The van der Waals surface area contributed by atoms with E-state index in [9.17, 15) is 14.4 Å². The largest absolute Gasteiger partial charge is 0.454 e. The number of nitrogens with one attached hydrogen (secondary N) is 1. The number of carbonyl (C=O) groups is 3. The van der Waals surface area contributed by atoms with E-state index in [2.05, 4.69) is 5.32 Å². The van der Waals surface area contributed by atoms with Crippen LogP contribution in [0.3, 0.4) is 0 Å². The van der Waals surface area contributed by atoms with Gasteiger partial charge in [0, 0.05) is 18.2 Å². The molecule has 0 atom stereocenters. The minimum atomic E-state index is -0.299. The zero-order valence-electron chi connectivity index (χ0n) is 16.5. The number of benzene rings is 2. The molecule has 1 aliphatic carbocycles. The molecule has 154 valence electrons. The van der Waals surface area contributed by atoms with E-state index in [1.165, 1.54) is 11.0 Å². The zero-order chi connectivity index (χ0) is 20.7. The molecule has 1 fully saturated rings. The number of ether oxygens (including phenoxy) is 2. The van der Waals surface area contributed by atoms with E-state index in [0.29, 0.717) is 34.7 Å². The first-order valence-corrected chi connectivity index (χ1v) is 10.3. The Labute approximate surface area is 174 Å². The molecule has 0 spiro atoms. The van der Waals surface area contributed by atoms with Gasteiger partial charge in [-0.25, -0.2) is 0 Å². The molecule has 3 amide bonds. The van der Waals surface area contributed by atoms with E-state index < -0.39 is 0 Å². The number of hydrogen-bond acceptors (Lipinski definition) is 5. The molecule has 3 aliphatic rings. The lowest BCUT2D eigenvalue weighted by molar-refractivity contribution is 0.0548. The second-order valence-corrected chi connectivity index (χ2v) is 7.90. The van der Waals surface area contributed by atoms with Crippen LogP contribution in [-0.4, -0.2) is 35.5 Å². The zero-order valence-corrected chi connectivity index (χ0v) is 16.5. The highest BCUT2D eigenvalue weighted by atomic mass is 16.7. The third-order valence-electron chi connectivity index (χ3n) is 6.01. The summed E-state index contributed by atoms with van der Waals surface area (Å²) in [6.45, 7) is 0.512. The predicted octanol–water partition coefficient (Wildman–Crippen LogP) is 3.27. The van der Waals surface area contributed by atoms with Crippen molar-refractivity contribution in [3.05, 3.63) is 58.7 Å². The Morgan fingerprint density at radius 3 is 2.53 bits per heavy atom. The summed E-state index contributed by atoms with van der Waals surface area (Å²) in [6.07, 6.45) is 4.92. The Bertz CT molecular complexity index is 1040. The molecule has 2 heterocycles. The number of nitrogens with zero attached hydrogens (tertiary/aromatic N) is 1. The summed E-state index contributed by atoms with van der Waals surface area (Å²) in [4.78, 5) is 39.7. The number of hydrogen-bond donors (Lipinski definition) is 1. The normalized spacial score (nSPS) is 17.9. The molecule has 5 rings (SSSR count). The van der Waals surface area contributed by atoms with Crippen LogP contribution in [0.1, 0.15) is 68.7 Å². The van der Waals surface area contributed by atoms with Crippen molar-refractivity contribution in [3.63, 3.8) is 0 Å². The van der Waals surface area contributed by atoms with E-state index in [1.54, 1.807) is 12.1 Å². The van der Waals surface area contributed by atoms with Gasteiger partial charge in [0.25, 0.3) is 17.7 Å².